The van der Waals surface area contributed by atoms with Gasteiger partial charge in [-0.05, 0) is 50.2 Å². The van der Waals surface area contributed by atoms with E-state index in [2.05, 4.69) is 15.0 Å². The van der Waals surface area contributed by atoms with E-state index in [-0.39, 0.29) is 34.1 Å². The standard InChI is InChI=1S/C28H23F4N5O5/c1-28(2,40)20-10-7-15(13-33)24(34-20)37-26(39)22(35-25(38)14-5-8-16(9-6-14)42-27(31)32)23(36(37)3)21-18(29)11-17(41-4)12-19(21)30/h5-12,27,40H,1-4H3,(H,35,38). The lowest BCUT2D eigenvalue weighted by molar-refractivity contribution is -0.0498. The predicted octanol–water partition coefficient (Wildman–Crippen LogP) is 4.48. The summed E-state index contributed by atoms with van der Waals surface area (Å²) in [6.45, 7) is -0.239. The van der Waals surface area contributed by atoms with Crippen molar-refractivity contribution in [3.8, 4) is 34.6 Å². The third-order valence-electron chi connectivity index (χ3n) is 6.16. The number of nitriles is 1. The lowest BCUT2D eigenvalue weighted by Gasteiger charge is -2.18. The van der Waals surface area contributed by atoms with Crippen LogP contribution in [-0.2, 0) is 12.6 Å². The Morgan fingerprint density at radius 2 is 1.71 bits per heavy atom. The summed E-state index contributed by atoms with van der Waals surface area (Å²) in [7, 11) is 2.46. The Morgan fingerprint density at radius 1 is 1.10 bits per heavy atom. The van der Waals surface area contributed by atoms with Gasteiger partial charge in [-0.2, -0.15) is 18.7 Å². The molecule has 0 aliphatic rings. The van der Waals surface area contributed by atoms with Crippen LogP contribution in [0.25, 0.3) is 17.1 Å². The Bertz CT molecular complexity index is 1750. The first-order chi connectivity index (χ1) is 19.8. The van der Waals surface area contributed by atoms with Crippen molar-refractivity contribution in [1.29, 1.82) is 5.26 Å². The van der Waals surface area contributed by atoms with E-state index in [0.717, 1.165) is 45.8 Å². The van der Waals surface area contributed by atoms with E-state index in [4.69, 9.17) is 4.74 Å². The van der Waals surface area contributed by atoms with Crippen LogP contribution in [0.5, 0.6) is 11.5 Å². The number of benzene rings is 2. The van der Waals surface area contributed by atoms with Crippen LogP contribution in [0.1, 0.15) is 35.5 Å². The second-order valence-corrected chi connectivity index (χ2v) is 9.43. The average Bonchev–Trinajstić information content (AvgIpc) is 3.15. The van der Waals surface area contributed by atoms with Crippen molar-refractivity contribution in [3.05, 3.63) is 87.3 Å². The van der Waals surface area contributed by atoms with Gasteiger partial charge in [-0.1, -0.05) is 0 Å². The quantitative estimate of drug-likeness (QED) is 0.292. The maximum atomic E-state index is 15.3. The first-order valence-corrected chi connectivity index (χ1v) is 12.1. The fourth-order valence-electron chi connectivity index (χ4n) is 4.15. The monoisotopic (exact) mass is 585 g/mol. The molecular weight excluding hydrogens is 562 g/mol. The molecule has 42 heavy (non-hydrogen) atoms. The van der Waals surface area contributed by atoms with Crippen LogP contribution >= 0.6 is 0 Å². The molecule has 218 valence electrons. The van der Waals surface area contributed by atoms with Crippen molar-refractivity contribution in [2.75, 3.05) is 12.4 Å². The number of aliphatic hydroxyl groups is 1. The summed E-state index contributed by atoms with van der Waals surface area (Å²) in [6, 6.07) is 10.8. The maximum absolute atomic E-state index is 15.3. The molecule has 0 spiro atoms. The van der Waals surface area contributed by atoms with Gasteiger partial charge in [0, 0.05) is 24.7 Å². The summed E-state index contributed by atoms with van der Waals surface area (Å²) >= 11 is 0. The molecule has 4 rings (SSSR count). The average molecular weight is 586 g/mol. The van der Waals surface area contributed by atoms with Crippen LogP contribution in [0.2, 0.25) is 0 Å². The number of nitrogens with zero attached hydrogens (tertiary/aromatic N) is 4. The lowest BCUT2D eigenvalue weighted by atomic mass is 10.0. The van der Waals surface area contributed by atoms with E-state index in [1.807, 2.05) is 6.07 Å². The fraction of sp³-hybridized carbons (Fsp3) is 0.214. The van der Waals surface area contributed by atoms with Crippen molar-refractivity contribution in [2.45, 2.75) is 26.1 Å². The molecule has 0 saturated carbocycles. The van der Waals surface area contributed by atoms with E-state index in [1.165, 1.54) is 40.1 Å². The number of carbonyl (C=O) groups is 1. The largest absolute Gasteiger partial charge is 0.497 e. The third kappa shape index (κ3) is 5.68. The van der Waals surface area contributed by atoms with Crippen molar-refractivity contribution >= 4 is 11.6 Å². The van der Waals surface area contributed by atoms with Crippen LogP contribution in [0, 0.1) is 23.0 Å². The highest BCUT2D eigenvalue weighted by Gasteiger charge is 2.30. The lowest BCUT2D eigenvalue weighted by Crippen LogP contribution is -2.26. The summed E-state index contributed by atoms with van der Waals surface area (Å²) in [5, 5.41) is 22.5. The number of hydrogen-bond acceptors (Lipinski definition) is 7. The van der Waals surface area contributed by atoms with Gasteiger partial charge >= 0.3 is 6.61 Å². The highest BCUT2D eigenvalue weighted by atomic mass is 19.3. The number of ether oxygens (including phenoxy) is 2. The van der Waals surface area contributed by atoms with E-state index >= 15 is 8.78 Å². The Morgan fingerprint density at radius 3 is 2.24 bits per heavy atom. The minimum atomic E-state index is -3.09. The Kier molecular flexibility index (Phi) is 8.08. The zero-order valence-electron chi connectivity index (χ0n) is 22.6. The van der Waals surface area contributed by atoms with Crippen LogP contribution in [-0.4, -0.2) is 39.1 Å². The van der Waals surface area contributed by atoms with Gasteiger partial charge < -0.3 is 19.9 Å². The number of halogens is 4. The van der Waals surface area contributed by atoms with Gasteiger partial charge in [0.2, 0.25) is 0 Å². The Balaban J connectivity index is 1.96. The SMILES string of the molecule is COc1cc(F)c(-c2c(NC(=O)c3ccc(OC(F)F)cc3)c(=O)n(-c3nc(C(C)(C)O)ccc3C#N)n2C)c(F)c1. The molecular formula is C28H23F4N5O5. The molecule has 2 N–H and O–H groups in total. The van der Waals surface area contributed by atoms with Crippen molar-refractivity contribution in [3.63, 3.8) is 0 Å². The van der Waals surface area contributed by atoms with Gasteiger partial charge in [0.15, 0.2) is 5.82 Å². The number of nitrogens with one attached hydrogen (secondary N) is 1. The molecule has 14 heteroatoms. The number of aromatic nitrogens is 3. The first kappa shape index (κ1) is 29.8. The van der Waals surface area contributed by atoms with Crippen LogP contribution in [0.15, 0.2) is 53.3 Å². The molecule has 0 bridgehead atoms. The molecule has 1 amide bonds. The van der Waals surface area contributed by atoms with Gasteiger partial charge in [-0.3, -0.25) is 14.3 Å². The number of hydrogen-bond donors (Lipinski definition) is 2. The highest BCUT2D eigenvalue weighted by molar-refractivity contribution is 6.06. The minimum absolute atomic E-state index is 0.0738. The summed E-state index contributed by atoms with van der Waals surface area (Å²) in [5.74, 6) is -3.86. The summed E-state index contributed by atoms with van der Waals surface area (Å²) in [6.07, 6.45) is 0. The van der Waals surface area contributed by atoms with Crippen molar-refractivity contribution in [2.24, 2.45) is 7.05 Å². The third-order valence-corrected chi connectivity index (χ3v) is 6.16. The number of alkyl halides is 2. The molecule has 0 fully saturated rings. The van der Waals surface area contributed by atoms with Crippen LogP contribution in [0.3, 0.4) is 0 Å². The molecule has 0 aliphatic heterocycles. The number of amides is 1. The Hall–Kier alpha value is -5.16. The highest BCUT2D eigenvalue weighted by Crippen LogP contribution is 2.34. The molecule has 0 atom stereocenters. The summed E-state index contributed by atoms with van der Waals surface area (Å²) in [5.41, 5.74) is -4.39. The van der Waals surface area contributed by atoms with Crippen molar-refractivity contribution in [1.82, 2.24) is 14.3 Å². The van der Waals surface area contributed by atoms with Gasteiger partial charge in [0.05, 0.1) is 23.9 Å². The summed E-state index contributed by atoms with van der Waals surface area (Å²) < 4.78 is 66.7. The molecule has 2 aromatic heterocycles. The van der Waals surface area contributed by atoms with E-state index in [9.17, 15) is 28.7 Å². The van der Waals surface area contributed by atoms with E-state index in [0.29, 0.717) is 0 Å². The zero-order chi connectivity index (χ0) is 30.9. The molecule has 2 aromatic carbocycles. The minimum Gasteiger partial charge on any atom is -0.497 e. The van der Waals surface area contributed by atoms with Gasteiger partial charge in [0.25, 0.3) is 11.5 Å². The fourth-order valence-corrected chi connectivity index (χ4v) is 4.15. The van der Waals surface area contributed by atoms with Gasteiger partial charge in [-0.15, -0.1) is 0 Å². The normalized spacial score (nSPS) is 11.4. The second-order valence-electron chi connectivity index (χ2n) is 9.43. The first-order valence-electron chi connectivity index (χ1n) is 12.1. The van der Waals surface area contributed by atoms with Crippen LogP contribution in [0.4, 0.5) is 23.2 Å². The van der Waals surface area contributed by atoms with Crippen molar-refractivity contribution < 1.29 is 36.9 Å². The number of rotatable bonds is 8. The van der Waals surface area contributed by atoms with E-state index in [1.54, 1.807) is 0 Å². The molecule has 4 aromatic rings. The van der Waals surface area contributed by atoms with E-state index < -0.39 is 52.3 Å². The topological polar surface area (TPSA) is 131 Å². The smallest absolute Gasteiger partial charge is 0.387 e. The number of anilines is 1. The number of carbonyl (C=O) groups excluding carboxylic acids is 1. The molecule has 0 aliphatic carbocycles. The number of pyridine rings is 1. The Labute approximate surface area is 236 Å². The summed E-state index contributed by atoms with van der Waals surface area (Å²) in [4.78, 5) is 31.3. The predicted molar refractivity (Wildman–Crippen MR) is 142 cm³/mol. The molecule has 0 saturated heterocycles. The maximum Gasteiger partial charge on any atom is 0.387 e. The molecule has 10 nitrogen and oxygen atoms in total. The molecule has 2 heterocycles. The molecule has 0 radical (unpaired) electrons. The second kappa shape index (κ2) is 11.4. The van der Waals surface area contributed by atoms with Gasteiger partial charge in [-0.25, -0.2) is 13.8 Å². The van der Waals surface area contributed by atoms with Gasteiger partial charge in [0.1, 0.15) is 46.2 Å². The van der Waals surface area contributed by atoms with Crippen LogP contribution < -0.4 is 20.3 Å². The molecule has 0 unspecified atom stereocenters. The zero-order valence-corrected chi connectivity index (χ0v) is 22.6. The number of methoxy groups -OCH3 is 1.